The molecule has 0 aromatic heterocycles. The number of hydrogen-bond donors (Lipinski definition) is 0. The van der Waals surface area contributed by atoms with Crippen LogP contribution in [0, 0.1) is 39.0 Å². The number of hydrogen-bond acceptors (Lipinski definition) is 5. The molecule has 0 spiro atoms. The minimum atomic E-state index is -0.0279. The van der Waals surface area contributed by atoms with Crippen LogP contribution in [0.2, 0.25) is 0 Å². The van der Waals surface area contributed by atoms with Crippen LogP contribution in [0.5, 0.6) is 11.5 Å². The van der Waals surface area contributed by atoms with E-state index in [0.717, 1.165) is 5.69 Å². The number of amides is 1. The fourth-order valence-corrected chi connectivity index (χ4v) is 4.55. The van der Waals surface area contributed by atoms with Gasteiger partial charge in [0.15, 0.2) is 11.5 Å². The highest BCUT2D eigenvalue weighted by Crippen LogP contribution is 2.35. The molecule has 1 aliphatic heterocycles. The van der Waals surface area contributed by atoms with E-state index in [-0.39, 0.29) is 12.3 Å². The van der Waals surface area contributed by atoms with E-state index in [9.17, 15) is 4.79 Å². The van der Waals surface area contributed by atoms with Crippen molar-refractivity contribution in [3.05, 3.63) is 46.5 Å². The minimum Gasteiger partial charge on any atom is -0.486 e. The van der Waals surface area contributed by atoms with Gasteiger partial charge in [0.1, 0.15) is 13.2 Å². The molecule has 0 saturated carbocycles. The monoisotopic (exact) mass is 410 g/mol. The summed E-state index contributed by atoms with van der Waals surface area (Å²) in [4.78, 5) is 15.9. The molecule has 0 fully saturated rings. The summed E-state index contributed by atoms with van der Waals surface area (Å²) in [5, 5.41) is 9.04. The Morgan fingerprint density at radius 2 is 1.72 bits per heavy atom. The van der Waals surface area contributed by atoms with E-state index >= 15 is 0 Å². The van der Waals surface area contributed by atoms with Gasteiger partial charge in [-0.3, -0.25) is 4.79 Å². The Labute approximate surface area is 176 Å². The van der Waals surface area contributed by atoms with Crippen LogP contribution < -0.4 is 14.4 Å². The van der Waals surface area contributed by atoms with Crippen molar-refractivity contribution < 1.29 is 14.3 Å². The molecule has 0 aliphatic carbocycles. The summed E-state index contributed by atoms with van der Waals surface area (Å²) in [6.45, 7) is 9.76. The molecular weight excluding hydrogens is 384 g/mol. The van der Waals surface area contributed by atoms with Crippen LogP contribution in [-0.4, -0.2) is 31.4 Å². The number of aryl methyl sites for hydroxylation is 2. The van der Waals surface area contributed by atoms with Crippen molar-refractivity contribution in [1.29, 1.82) is 5.26 Å². The standard InChI is InChI=1S/C23H26N2O3S/c1-15-12-16(2)18(4)23(17(15)3)29-14-22(26)25(9-5-8-24)19-6-7-20-21(13-19)28-11-10-27-20/h6-7,12-13H,5,9-11,14H2,1-4H3. The first-order valence-corrected chi connectivity index (χ1v) is 10.7. The van der Waals surface area contributed by atoms with Crippen molar-refractivity contribution in [2.75, 3.05) is 30.4 Å². The van der Waals surface area contributed by atoms with Crippen LogP contribution >= 0.6 is 11.8 Å². The van der Waals surface area contributed by atoms with Crippen LogP contribution in [0.25, 0.3) is 0 Å². The molecule has 0 atom stereocenters. The van der Waals surface area contributed by atoms with Gasteiger partial charge in [0.25, 0.3) is 0 Å². The van der Waals surface area contributed by atoms with Gasteiger partial charge in [-0.25, -0.2) is 0 Å². The third-order valence-electron chi connectivity index (χ3n) is 5.22. The molecule has 5 nitrogen and oxygen atoms in total. The maximum atomic E-state index is 13.1. The van der Waals surface area contributed by atoms with Crippen LogP contribution in [0.4, 0.5) is 5.69 Å². The maximum Gasteiger partial charge on any atom is 0.237 e. The normalized spacial score (nSPS) is 12.4. The molecule has 1 heterocycles. The van der Waals surface area contributed by atoms with Gasteiger partial charge in [-0.1, -0.05) is 6.07 Å². The Bertz CT molecular complexity index is 939. The predicted molar refractivity (Wildman–Crippen MR) is 116 cm³/mol. The van der Waals surface area contributed by atoms with E-state index < -0.39 is 0 Å². The van der Waals surface area contributed by atoms with Crippen LogP contribution in [0.15, 0.2) is 29.2 Å². The molecular formula is C23H26N2O3S. The molecule has 0 bridgehead atoms. The van der Waals surface area contributed by atoms with Gasteiger partial charge in [-0.2, -0.15) is 5.26 Å². The first-order valence-electron chi connectivity index (χ1n) is 9.69. The molecule has 3 rings (SSSR count). The number of carbonyl (C=O) groups excluding carboxylic acids is 1. The lowest BCUT2D eigenvalue weighted by Gasteiger charge is -2.25. The summed E-state index contributed by atoms with van der Waals surface area (Å²) in [6.07, 6.45) is 0.270. The van der Waals surface area contributed by atoms with E-state index in [1.54, 1.807) is 16.7 Å². The number of thioether (sulfide) groups is 1. The summed E-state index contributed by atoms with van der Waals surface area (Å²) in [5.41, 5.74) is 5.62. The Hall–Kier alpha value is -2.65. The van der Waals surface area contributed by atoms with Crippen molar-refractivity contribution in [2.24, 2.45) is 0 Å². The van der Waals surface area contributed by atoms with Crippen molar-refractivity contribution >= 4 is 23.4 Å². The quantitative estimate of drug-likeness (QED) is 0.644. The van der Waals surface area contributed by atoms with Crippen molar-refractivity contribution in [1.82, 2.24) is 0 Å². The molecule has 2 aromatic rings. The number of carbonyl (C=O) groups is 1. The number of fused-ring (bicyclic) bond motifs is 1. The molecule has 1 aliphatic rings. The zero-order valence-corrected chi connectivity index (χ0v) is 18.2. The summed E-state index contributed by atoms with van der Waals surface area (Å²) in [5.74, 6) is 1.60. The number of benzene rings is 2. The van der Waals surface area contributed by atoms with E-state index in [0.29, 0.717) is 37.0 Å². The lowest BCUT2D eigenvalue weighted by molar-refractivity contribution is -0.116. The molecule has 152 valence electrons. The number of rotatable bonds is 6. The van der Waals surface area contributed by atoms with Gasteiger partial charge in [-0.15, -0.1) is 11.8 Å². The first-order chi connectivity index (χ1) is 13.9. The molecule has 1 amide bonds. The first kappa shape index (κ1) is 21.1. The highest BCUT2D eigenvalue weighted by molar-refractivity contribution is 8.00. The second-order valence-electron chi connectivity index (χ2n) is 7.16. The summed E-state index contributed by atoms with van der Waals surface area (Å²) in [6, 6.07) is 9.81. The minimum absolute atomic E-state index is 0.0279. The summed E-state index contributed by atoms with van der Waals surface area (Å²) in [7, 11) is 0. The largest absolute Gasteiger partial charge is 0.486 e. The Balaban J connectivity index is 1.81. The smallest absolute Gasteiger partial charge is 0.237 e. The van der Waals surface area contributed by atoms with E-state index in [1.165, 1.54) is 27.1 Å². The number of nitriles is 1. The zero-order chi connectivity index (χ0) is 21.0. The van der Waals surface area contributed by atoms with E-state index in [1.807, 2.05) is 18.2 Å². The third-order valence-corrected chi connectivity index (χ3v) is 6.52. The molecule has 0 unspecified atom stereocenters. The third kappa shape index (κ3) is 4.68. The topological polar surface area (TPSA) is 62.6 Å². The van der Waals surface area contributed by atoms with Gasteiger partial charge < -0.3 is 14.4 Å². The number of anilines is 1. The van der Waals surface area contributed by atoms with Crippen molar-refractivity contribution in [2.45, 2.75) is 39.0 Å². The average molecular weight is 411 g/mol. The van der Waals surface area contributed by atoms with Gasteiger partial charge in [0, 0.05) is 23.2 Å². The molecule has 6 heteroatoms. The Kier molecular flexibility index (Phi) is 6.71. The molecule has 2 aromatic carbocycles. The van der Waals surface area contributed by atoms with Gasteiger partial charge >= 0.3 is 0 Å². The van der Waals surface area contributed by atoms with Crippen molar-refractivity contribution in [3.63, 3.8) is 0 Å². The van der Waals surface area contributed by atoms with E-state index in [2.05, 4.69) is 39.8 Å². The lowest BCUT2D eigenvalue weighted by Crippen LogP contribution is -2.33. The molecule has 0 saturated heterocycles. The van der Waals surface area contributed by atoms with Crippen LogP contribution in [0.3, 0.4) is 0 Å². The van der Waals surface area contributed by atoms with Crippen LogP contribution in [0.1, 0.15) is 28.7 Å². The molecule has 0 N–H and O–H groups in total. The van der Waals surface area contributed by atoms with E-state index in [4.69, 9.17) is 14.7 Å². The second kappa shape index (κ2) is 9.23. The molecule has 29 heavy (non-hydrogen) atoms. The fourth-order valence-electron chi connectivity index (χ4n) is 3.37. The second-order valence-corrected chi connectivity index (χ2v) is 8.15. The Morgan fingerprint density at radius 1 is 1.07 bits per heavy atom. The fraction of sp³-hybridized carbons (Fsp3) is 0.391. The Morgan fingerprint density at radius 3 is 2.38 bits per heavy atom. The average Bonchev–Trinajstić information content (AvgIpc) is 2.72. The van der Waals surface area contributed by atoms with Gasteiger partial charge in [0.2, 0.25) is 5.91 Å². The van der Waals surface area contributed by atoms with Gasteiger partial charge in [0.05, 0.1) is 18.2 Å². The highest BCUT2D eigenvalue weighted by atomic mass is 32.2. The SMILES string of the molecule is Cc1cc(C)c(C)c(SCC(=O)N(CCC#N)c2ccc3c(c2)OCCO3)c1C. The maximum absolute atomic E-state index is 13.1. The summed E-state index contributed by atoms with van der Waals surface area (Å²) >= 11 is 1.57. The van der Waals surface area contributed by atoms with Gasteiger partial charge in [-0.05, 0) is 62.1 Å². The van der Waals surface area contributed by atoms with Crippen LogP contribution in [-0.2, 0) is 4.79 Å². The predicted octanol–water partition coefficient (Wildman–Crippen LogP) is 4.73. The number of ether oxygens (including phenoxy) is 2. The summed E-state index contributed by atoms with van der Waals surface area (Å²) < 4.78 is 11.2. The van der Waals surface area contributed by atoms with Crippen molar-refractivity contribution in [3.8, 4) is 17.6 Å². The number of nitrogens with zero attached hydrogens (tertiary/aromatic N) is 2. The molecule has 0 radical (unpaired) electrons. The highest BCUT2D eigenvalue weighted by Gasteiger charge is 2.20. The zero-order valence-electron chi connectivity index (χ0n) is 17.4. The lowest BCUT2D eigenvalue weighted by atomic mass is 10.0.